The first-order chi connectivity index (χ1) is 19.4. The number of para-hydroxylation sites is 2. The molecule has 2 heterocycles. The quantitative estimate of drug-likeness (QED) is 0.262. The van der Waals surface area contributed by atoms with Gasteiger partial charge in [-0.25, -0.2) is 9.69 Å². The molecule has 0 unspecified atom stereocenters. The smallest absolute Gasteiger partial charge is 0.338 e. The number of urea groups is 1. The van der Waals surface area contributed by atoms with Gasteiger partial charge < -0.3 is 14.6 Å². The monoisotopic (exact) mass is 536 g/mol. The van der Waals surface area contributed by atoms with Crippen molar-refractivity contribution in [3.8, 4) is 0 Å². The molecule has 0 bridgehead atoms. The number of aryl methyl sites for hydroxylation is 1. The predicted molar refractivity (Wildman–Crippen MR) is 153 cm³/mol. The topological polar surface area (TPSA) is 101 Å². The standard InChI is InChI=1S/C31H28N4O5/c1-21-12-14-23(15-13-21)32-28(36)20-33-19-22(25-10-6-7-11-27(25)33)18-26-29(37)34(16-17-40-2)31(39)35(30(26)38)24-8-4-3-5-9-24/h3-15,18-19H,16-17,20H2,1-2H3,(H,32,36)/b26-18-. The van der Waals surface area contributed by atoms with Crippen molar-refractivity contribution in [2.45, 2.75) is 13.5 Å². The zero-order valence-corrected chi connectivity index (χ0v) is 22.2. The summed E-state index contributed by atoms with van der Waals surface area (Å²) in [5, 5.41) is 3.65. The number of nitrogens with one attached hydrogen (secondary N) is 1. The number of rotatable bonds is 8. The van der Waals surface area contributed by atoms with E-state index >= 15 is 0 Å². The number of aromatic nitrogens is 1. The van der Waals surface area contributed by atoms with Crippen LogP contribution in [-0.2, 0) is 25.7 Å². The van der Waals surface area contributed by atoms with E-state index in [9.17, 15) is 19.2 Å². The molecule has 1 aliphatic rings. The van der Waals surface area contributed by atoms with Crippen LogP contribution in [0.2, 0.25) is 0 Å². The molecule has 0 saturated carbocycles. The van der Waals surface area contributed by atoms with Crippen molar-refractivity contribution in [3.63, 3.8) is 0 Å². The molecule has 1 fully saturated rings. The Balaban J connectivity index is 1.52. The highest BCUT2D eigenvalue weighted by atomic mass is 16.5. The minimum atomic E-state index is -0.731. The summed E-state index contributed by atoms with van der Waals surface area (Å²) < 4.78 is 6.87. The van der Waals surface area contributed by atoms with Gasteiger partial charge >= 0.3 is 6.03 Å². The predicted octanol–water partition coefficient (Wildman–Crippen LogP) is 4.61. The van der Waals surface area contributed by atoms with E-state index in [1.54, 1.807) is 41.1 Å². The van der Waals surface area contributed by atoms with Gasteiger partial charge in [-0.2, -0.15) is 0 Å². The lowest BCUT2D eigenvalue weighted by Crippen LogP contribution is -2.57. The second-order valence-corrected chi connectivity index (χ2v) is 9.41. The van der Waals surface area contributed by atoms with Crippen LogP contribution >= 0.6 is 0 Å². The molecule has 3 aromatic carbocycles. The number of hydrogen-bond donors (Lipinski definition) is 1. The number of carbonyl (C=O) groups excluding carboxylic acids is 4. The molecule has 0 radical (unpaired) electrons. The minimum Gasteiger partial charge on any atom is -0.383 e. The van der Waals surface area contributed by atoms with Gasteiger partial charge in [-0.3, -0.25) is 19.3 Å². The molecule has 0 spiro atoms. The number of anilines is 2. The number of nitrogens with zero attached hydrogens (tertiary/aromatic N) is 3. The Kier molecular flexibility index (Phi) is 7.56. The Morgan fingerprint density at radius 2 is 1.60 bits per heavy atom. The molecule has 5 rings (SSSR count). The van der Waals surface area contributed by atoms with Crippen LogP contribution in [0.5, 0.6) is 0 Å². The Labute approximate surface area is 231 Å². The lowest BCUT2D eigenvalue weighted by atomic mass is 10.0. The van der Waals surface area contributed by atoms with Crippen LogP contribution in [0.25, 0.3) is 17.0 Å². The van der Waals surface area contributed by atoms with Crippen molar-refractivity contribution in [1.29, 1.82) is 0 Å². The summed E-state index contributed by atoms with van der Waals surface area (Å²) in [5.74, 6) is -1.64. The highest BCUT2D eigenvalue weighted by Crippen LogP contribution is 2.29. The van der Waals surface area contributed by atoms with Crippen LogP contribution in [0, 0.1) is 6.92 Å². The van der Waals surface area contributed by atoms with Gasteiger partial charge in [0.15, 0.2) is 0 Å². The molecule has 202 valence electrons. The lowest BCUT2D eigenvalue weighted by molar-refractivity contribution is -0.129. The van der Waals surface area contributed by atoms with Crippen molar-refractivity contribution in [2.75, 3.05) is 30.5 Å². The maximum Gasteiger partial charge on any atom is 0.338 e. The van der Waals surface area contributed by atoms with Crippen molar-refractivity contribution in [1.82, 2.24) is 9.47 Å². The van der Waals surface area contributed by atoms with Crippen molar-refractivity contribution in [3.05, 3.63) is 102 Å². The zero-order chi connectivity index (χ0) is 28.2. The molecule has 0 atom stereocenters. The molecule has 1 aliphatic heterocycles. The van der Waals surface area contributed by atoms with Gasteiger partial charge in [-0.05, 0) is 43.3 Å². The molecule has 9 nitrogen and oxygen atoms in total. The third kappa shape index (κ3) is 5.27. The zero-order valence-electron chi connectivity index (χ0n) is 22.2. The lowest BCUT2D eigenvalue weighted by Gasteiger charge is -2.33. The van der Waals surface area contributed by atoms with Crippen molar-refractivity contribution >= 4 is 52.1 Å². The molecule has 1 saturated heterocycles. The third-order valence-electron chi connectivity index (χ3n) is 6.63. The number of amides is 5. The molecule has 1 N–H and O–H groups in total. The average Bonchev–Trinajstić information content (AvgIpc) is 3.29. The second-order valence-electron chi connectivity index (χ2n) is 9.41. The molecule has 5 amide bonds. The first kappa shape index (κ1) is 26.6. The maximum atomic E-state index is 13.6. The van der Waals surface area contributed by atoms with Crippen LogP contribution < -0.4 is 10.2 Å². The summed E-state index contributed by atoms with van der Waals surface area (Å²) in [5.41, 5.74) is 3.31. The van der Waals surface area contributed by atoms with Crippen molar-refractivity contribution in [2.24, 2.45) is 0 Å². The SMILES string of the molecule is COCCN1C(=O)/C(=C/c2cn(CC(=O)Nc3ccc(C)cc3)c3ccccc23)C(=O)N(c2ccccc2)C1=O. The summed E-state index contributed by atoms with van der Waals surface area (Å²) in [6.45, 7) is 2.11. The van der Waals surface area contributed by atoms with Gasteiger partial charge in [-0.1, -0.05) is 54.1 Å². The van der Waals surface area contributed by atoms with Gasteiger partial charge in [0.25, 0.3) is 11.8 Å². The molecule has 1 aromatic heterocycles. The van der Waals surface area contributed by atoms with Gasteiger partial charge in [0.05, 0.1) is 18.8 Å². The largest absolute Gasteiger partial charge is 0.383 e. The number of imide groups is 2. The van der Waals surface area contributed by atoms with E-state index in [1.165, 1.54) is 13.2 Å². The molecule has 0 aliphatic carbocycles. The van der Waals surface area contributed by atoms with Crippen LogP contribution in [0.4, 0.5) is 16.2 Å². The Morgan fingerprint density at radius 3 is 2.33 bits per heavy atom. The number of fused-ring (bicyclic) bond motifs is 1. The number of benzene rings is 3. The fraction of sp³-hybridized carbons (Fsp3) is 0.161. The summed E-state index contributed by atoms with van der Waals surface area (Å²) in [4.78, 5) is 55.2. The number of carbonyl (C=O) groups is 4. The number of methoxy groups -OCH3 is 1. The minimum absolute atomic E-state index is 0.0109. The summed E-state index contributed by atoms with van der Waals surface area (Å²) in [6, 6.07) is 22.7. The highest BCUT2D eigenvalue weighted by Gasteiger charge is 2.42. The average molecular weight is 537 g/mol. The van der Waals surface area contributed by atoms with Gasteiger partial charge in [-0.15, -0.1) is 0 Å². The normalized spacial score (nSPS) is 14.8. The van der Waals surface area contributed by atoms with Gasteiger partial charge in [0, 0.05) is 35.5 Å². The fourth-order valence-electron chi connectivity index (χ4n) is 4.63. The van der Waals surface area contributed by atoms with Crippen LogP contribution in [0.15, 0.2) is 90.6 Å². The summed E-state index contributed by atoms with van der Waals surface area (Å²) in [7, 11) is 1.47. The highest BCUT2D eigenvalue weighted by molar-refractivity contribution is 6.39. The molecule has 4 aromatic rings. The fourth-order valence-corrected chi connectivity index (χ4v) is 4.63. The summed E-state index contributed by atoms with van der Waals surface area (Å²) >= 11 is 0. The Bertz CT molecular complexity index is 1620. The number of barbiturate groups is 1. The van der Waals surface area contributed by atoms with E-state index in [4.69, 9.17) is 4.74 Å². The first-order valence-electron chi connectivity index (χ1n) is 12.8. The number of ether oxygens (including phenoxy) is 1. The van der Waals surface area contributed by atoms with E-state index in [2.05, 4.69) is 5.32 Å². The van der Waals surface area contributed by atoms with E-state index in [-0.39, 0.29) is 31.2 Å². The second kappa shape index (κ2) is 11.4. The number of hydrogen-bond acceptors (Lipinski definition) is 5. The van der Waals surface area contributed by atoms with E-state index < -0.39 is 17.8 Å². The van der Waals surface area contributed by atoms with Crippen LogP contribution in [0.1, 0.15) is 11.1 Å². The molecular weight excluding hydrogens is 508 g/mol. The van der Waals surface area contributed by atoms with E-state index in [0.29, 0.717) is 16.9 Å². The maximum absolute atomic E-state index is 13.6. The Morgan fingerprint density at radius 1 is 0.900 bits per heavy atom. The molecule has 40 heavy (non-hydrogen) atoms. The van der Waals surface area contributed by atoms with E-state index in [1.807, 2.05) is 55.5 Å². The first-order valence-corrected chi connectivity index (χ1v) is 12.8. The Hall–Kier alpha value is -5.02. The van der Waals surface area contributed by atoms with Crippen molar-refractivity contribution < 1.29 is 23.9 Å². The van der Waals surface area contributed by atoms with Crippen LogP contribution in [-0.4, -0.2) is 53.5 Å². The molecular formula is C31H28N4O5. The molecule has 9 heteroatoms. The third-order valence-corrected chi connectivity index (χ3v) is 6.63. The van der Waals surface area contributed by atoms with Crippen LogP contribution in [0.3, 0.4) is 0 Å². The van der Waals surface area contributed by atoms with Gasteiger partial charge in [0.1, 0.15) is 12.1 Å². The summed E-state index contributed by atoms with van der Waals surface area (Å²) in [6.07, 6.45) is 3.22. The van der Waals surface area contributed by atoms with E-state index in [0.717, 1.165) is 26.3 Å². The van der Waals surface area contributed by atoms with Gasteiger partial charge in [0.2, 0.25) is 5.91 Å².